The lowest BCUT2D eigenvalue weighted by Gasteiger charge is -2.07. The zero-order valence-corrected chi connectivity index (χ0v) is 11.4. The maximum atomic E-state index is 5.66. The minimum atomic E-state index is 0.795. The molecule has 0 fully saturated rings. The van der Waals surface area contributed by atoms with Crippen LogP contribution in [0.15, 0.2) is 24.3 Å². The van der Waals surface area contributed by atoms with Crippen molar-refractivity contribution in [1.82, 2.24) is 0 Å². The molecular formula is C15H25NO2. The van der Waals surface area contributed by atoms with E-state index in [0.29, 0.717) is 0 Å². The van der Waals surface area contributed by atoms with E-state index < -0.39 is 0 Å². The maximum absolute atomic E-state index is 5.66. The second-order valence-corrected chi connectivity index (χ2v) is 4.43. The highest BCUT2D eigenvalue weighted by Gasteiger charge is 1.95. The molecule has 0 bridgehead atoms. The van der Waals surface area contributed by atoms with Gasteiger partial charge >= 0.3 is 0 Å². The Bertz CT molecular complexity index is 298. The highest BCUT2D eigenvalue weighted by molar-refractivity contribution is 5.31. The molecule has 0 spiro atoms. The van der Waals surface area contributed by atoms with Gasteiger partial charge in [-0.3, -0.25) is 0 Å². The summed E-state index contributed by atoms with van der Waals surface area (Å²) in [6, 6.07) is 7.73. The molecule has 18 heavy (non-hydrogen) atoms. The summed E-state index contributed by atoms with van der Waals surface area (Å²) in [5, 5.41) is 0. The van der Waals surface area contributed by atoms with Gasteiger partial charge in [0.2, 0.25) is 0 Å². The molecule has 0 aliphatic heterocycles. The quantitative estimate of drug-likeness (QED) is 0.648. The first kappa shape index (κ1) is 14.8. The molecule has 0 aliphatic rings. The number of nitrogens with two attached hydrogens (primary N) is 1. The van der Waals surface area contributed by atoms with E-state index in [4.69, 9.17) is 15.2 Å². The topological polar surface area (TPSA) is 44.5 Å². The van der Waals surface area contributed by atoms with Crippen molar-refractivity contribution in [3.8, 4) is 11.5 Å². The molecule has 3 heteroatoms. The van der Waals surface area contributed by atoms with Crippen LogP contribution < -0.4 is 15.2 Å². The summed E-state index contributed by atoms with van der Waals surface area (Å²) < 4.78 is 10.8. The molecule has 102 valence electrons. The third kappa shape index (κ3) is 6.50. The molecule has 0 amide bonds. The van der Waals surface area contributed by atoms with Crippen LogP contribution in [0, 0.1) is 0 Å². The van der Waals surface area contributed by atoms with Crippen LogP contribution in [0.4, 0.5) is 0 Å². The summed E-state index contributed by atoms with van der Waals surface area (Å²) in [6.45, 7) is 1.61. The smallest absolute Gasteiger partial charge is 0.119 e. The Balaban J connectivity index is 2.00. The van der Waals surface area contributed by atoms with Crippen molar-refractivity contribution in [3.63, 3.8) is 0 Å². The summed E-state index contributed by atoms with van der Waals surface area (Å²) in [4.78, 5) is 0. The lowest BCUT2D eigenvalue weighted by atomic mass is 10.1. The average molecular weight is 251 g/mol. The monoisotopic (exact) mass is 251 g/mol. The van der Waals surface area contributed by atoms with Gasteiger partial charge in [-0.05, 0) is 43.7 Å². The second-order valence-electron chi connectivity index (χ2n) is 4.43. The molecule has 0 heterocycles. The molecule has 1 aromatic carbocycles. The van der Waals surface area contributed by atoms with Gasteiger partial charge in [0.15, 0.2) is 0 Å². The van der Waals surface area contributed by atoms with E-state index >= 15 is 0 Å². The van der Waals surface area contributed by atoms with E-state index in [9.17, 15) is 0 Å². The Labute approximate surface area is 110 Å². The molecule has 0 saturated carbocycles. The van der Waals surface area contributed by atoms with Crippen LogP contribution in [0.25, 0.3) is 0 Å². The molecule has 0 radical (unpaired) electrons. The number of benzene rings is 1. The van der Waals surface area contributed by atoms with Crippen LogP contribution in [0.2, 0.25) is 0 Å². The summed E-state index contributed by atoms with van der Waals surface area (Å²) in [7, 11) is 1.67. The lowest BCUT2D eigenvalue weighted by molar-refractivity contribution is 0.303. The van der Waals surface area contributed by atoms with Gasteiger partial charge in [0.25, 0.3) is 0 Å². The zero-order chi connectivity index (χ0) is 13.1. The van der Waals surface area contributed by atoms with Gasteiger partial charge < -0.3 is 15.2 Å². The average Bonchev–Trinajstić information content (AvgIpc) is 2.42. The third-order valence-corrected chi connectivity index (χ3v) is 2.93. The van der Waals surface area contributed by atoms with E-state index in [2.05, 4.69) is 0 Å². The van der Waals surface area contributed by atoms with Gasteiger partial charge in [-0.25, -0.2) is 0 Å². The summed E-state index contributed by atoms with van der Waals surface area (Å²) in [5.41, 5.74) is 5.45. The van der Waals surface area contributed by atoms with Crippen molar-refractivity contribution in [3.05, 3.63) is 24.3 Å². The second kappa shape index (κ2) is 9.77. The minimum absolute atomic E-state index is 0.795. The first-order chi connectivity index (χ1) is 8.86. The van der Waals surface area contributed by atoms with E-state index in [1.54, 1.807) is 7.11 Å². The van der Waals surface area contributed by atoms with Crippen LogP contribution in [0.5, 0.6) is 11.5 Å². The Morgan fingerprint density at radius 3 is 2.00 bits per heavy atom. The molecule has 1 aromatic rings. The van der Waals surface area contributed by atoms with E-state index in [1.807, 2.05) is 24.3 Å². The van der Waals surface area contributed by atoms with Gasteiger partial charge in [0.05, 0.1) is 13.7 Å². The number of hydrogen-bond acceptors (Lipinski definition) is 3. The van der Waals surface area contributed by atoms with Crippen LogP contribution in [-0.2, 0) is 0 Å². The highest BCUT2D eigenvalue weighted by atomic mass is 16.5. The summed E-state index contributed by atoms with van der Waals surface area (Å²) >= 11 is 0. The summed E-state index contributed by atoms with van der Waals surface area (Å²) in [6.07, 6.45) is 7.35. The first-order valence-corrected chi connectivity index (χ1v) is 6.83. The van der Waals surface area contributed by atoms with Gasteiger partial charge in [-0.1, -0.05) is 25.7 Å². The normalized spacial score (nSPS) is 10.3. The lowest BCUT2D eigenvalue weighted by Crippen LogP contribution is -1.98. The Morgan fingerprint density at radius 1 is 0.833 bits per heavy atom. The molecule has 3 nitrogen and oxygen atoms in total. The van der Waals surface area contributed by atoms with Crippen LogP contribution in [0.3, 0.4) is 0 Å². The molecular weight excluding hydrogens is 226 g/mol. The van der Waals surface area contributed by atoms with Crippen LogP contribution in [-0.4, -0.2) is 20.3 Å². The van der Waals surface area contributed by atoms with E-state index in [-0.39, 0.29) is 0 Å². The SMILES string of the molecule is COc1ccc(OCCCCCCCCN)cc1. The number of hydrogen-bond donors (Lipinski definition) is 1. The van der Waals surface area contributed by atoms with Gasteiger partial charge in [-0.2, -0.15) is 0 Å². The zero-order valence-electron chi connectivity index (χ0n) is 11.4. The molecule has 0 atom stereocenters. The molecule has 0 aliphatic carbocycles. The van der Waals surface area contributed by atoms with E-state index in [0.717, 1.165) is 37.5 Å². The molecule has 1 rings (SSSR count). The molecule has 0 unspecified atom stereocenters. The number of rotatable bonds is 10. The molecule has 2 N–H and O–H groups in total. The van der Waals surface area contributed by atoms with E-state index in [1.165, 1.54) is 25.7 Å². The Hall–Kier alpha value is -1.22. The van der Waals surface area contributed by atoms with Crippen molar-refractivity contribution in [2.75, 3.05) is 20.3 Å². The predicted molar refractivity (Wildman–Crippen MR) is 75.2 cm³/mol. The fourth-order valence-corrected chi connectivity index (χ4v) is 1.82. The fraction of sp³-hybridized carbons (Fsp3) is 0.600. The van der Waals surface area contributed by atoms with Crippen molar-refractivity contribution in [2.45, 2.75) is 38.5 Å². The van der Waals surface area contributed by atoms with Crippen molar-refractivity contribution in [1.29, 1.82) is 0 Å². The van der Waals surface area contributed by atoms with Crippen molar-refractivity contribution in [2.24, 2.45) is 5.73 Å². The number of methoxy groups -OCH3 is 1. The van der Waals surface area contributed by atoms with Gasteiger partial charge in [0.1, 0.15) is 11.5 Å². The molecule has 0 aromatic heterocycles. The first-order valence-electron chi connectivity index (χ1n) is 6.83. The van der Waals surface area contributed by atoms with Crippen LogP contribution >= 0.6 is 0 Å². The van der Waals surface area contributed by atoms with Crippen molar-refractivity contribution >= 4 is 0 Å². The predicted octanol–water partition coefficient (Wildman–Crippen LogP) is 3.37. The maximum Gasteiger partial charge on any atom is 0.119 e. The summed E-state index contributed by atoms with van der Waals surface area (Å²) in [5.74, 6) is 1.78. The number of ether oxygens (including phenoxy) is 2. The largest absolute Gasteiger partial charge is 0.497 e. The number of unbranched alkanes of at least 4 members (excludes halogenated alkanes) is 5. The standard InChI is InChI=1S/C15H25NO2/c1-17-14-8-10-15(11-9-14)18-13-7-5-3-2-4-6-12-16/h8-11H,2-7,12-13,16H2,1H3. The van der Waals surface area contributed by atoms with Gasteiger partial charge in [-0.15, -0.1) is 0 Å². The van der Waals surface area contributed by atoms with Gasteiger partial charge in [0, 0.05) is 0 Å². The highest BCUT2D eigenvalue weighted by Crippen LogP contribution is 2.17. The van der Waals surface area contributed by atoms with Crippen LogP contribution in [0.1, 0.15) is 38.5 Å². The Kier molecular flexibility index (Phi) is 8.06. The minimum Gasteiger partial charge on any atom is -0.497 e. The molecule has 0 saturated heterocycles. The fourth-order valence-electron chi connectivity index (χ4n) is 1.82. The van der Waals surface area contributed by atoms with Crippen molar-refractivity contribution < 1.29 is 9.47 Å². The Morgan fingerprint density at radius 2 is 1.39 bits per heavy atom. The third-order valence-electron chi connectivity index (χ3n) is 2.93.